The lowest BCUT2D eigenvalue weighted by atomic mass is 9.89. The standard InChI is InChI=1S/C22H19NO3/c23-22(25)18-11-13-19(14-12-18)26-21(24)15-20(16-7-3-1-4-8-16)17-9-5-2-6-10-17/h1-14,20H,15H2,(H2,23,25). The molecule has 4 heteroatoms. The number of nitrogens with two attached hydrogens (primary N) is 1. The summed E-state index contributed by atoms with van der Waals surface area (Å²) in [5.41, 5.74) is 7.70. The number of carbonyl (C=O) groups excluding carboxylic acids is 2. The van der Waals surface area contributed by atoms with Gasteiger partial charge in [0.15, 0.2) is 0 Å². The van der Waals surface area contributed by atoms with Crippen molar-refractivity contribution in [3.8, 4) is 5.75 Å². The van der Waals surface area contributed by atoms with Gasteiger partial charge in [0.25, 0.3) is 0 Å². The number of rotatable bonds is 6. The Morgan fingerprint density at radius 2 is 1.27 bits per heavy atom. The van der Waals surface area contributed by atoms with Gasteiger partial charge in [-0.25, -0.2) is 0 Å². The Bertz CT molecular complexity index is 835. The van der Waals surface area contributed by atoms with E-state index >= 15 is 0 Å². The fraction of sp³-hybridized carbons (Fsp3) is 0.0909. The fourth-order valence-corrected chi connectivity index (χ4v) is 2.83. The van der Waals surface area contributed by atoms with Gasteiger partial charge in [0.05, 0.1) is 6.42 Å². The molecule has 3 aromatic rings. The van der Waals surface area contributed by atoms with Crippen molar-refractivity contribution in [1.29, 1.82) is 0 Å². The summed E-state index contributed by atoms with van der Waals surface area (Å²) in [7, 11) is 0. The molecule has 0 saturated heterocycles. The van der Waals surface area contributed by atoms with E-state index in [2.05, 4.69) is 0 Å². The molecular formula is C22H19NO3. The van der Waals surface area contributed by atoms with Gasteiger partial charge < -0.3 is 10.5 Å². The fourth-order valence-electron chi connectivity index (χ4n) is 2.83. The number of hydrogen-bond donors (Lipinski definition) is 1. The van der Waals surface area contributed by atoms with E-state index in [4.69, 9.17) is 10.5 Å². The third-order valence-electron chi connectivity index (χ3n) is 4.15. The summed E-state index contributed by atoms with van der Waals surface area (Å²) in [6.07, 6.45) is 0.214. The zero-order valence-corrected chi connectivity index (χ0v) is 14.2. The van der Waals surface area contributed by atoms with Gasteiger partial charge in [0.1, 0.15) is 5.75 Å². The smallest absolute Gasteiger partial charge is 0.312 e. The Kier molecular flexibility index (Phi) is 5.44. The van der Waals surface area contributed by atoms with Gasteiger partial charge in [0.2, 0.25) is 5.91 Å². The predicted octanol–water partition coefficient (Wildman–Crippen LogP) is 3.91. The molecule has 0 unspecified atom stereocenters. The first-order valence-corrected chi connectivity index (χ1v) is 8.34. The van der Waals surface area contributed by atoms with Crippen molar-refractivity contribution in [1.82, 2.24) is 0 Å². The molecule has 1 amide bonds. The van der Waals surface area contributed by atoms with E-state index in [9.17, 15) is 9.59 Å². The minimum absolute atomic E-state index is 0.0882. The maximum atomic E-state index is 12.5. The van der Waals surface area contributed by atoms with Gasteiger partial charge in [-0.3, -0.25) is 9.59 Å². The summed E-state index contributed by atoms with van der Waals surface area (Å²) in [5.74, 6) is -0.555. The van der Waals surface area contributed by atoms with Crippen molar-refractivity contribution in [2.45, 2.75) is 12.3 Å². The summed E-state index contributed by atoms with van der Waals surface area (Å²) in [5, 5.41) is 0. The molecule has 0 aliphatic rings. The molecule has 0 fully saturated rings. The summed E-state index contributed by atoms with van der Waals surface area (Å²) >= 11 is 0. The van der Waals surface area contributed by atoms with Crippen LogP contribution in [0.3, 0.4) is 0 Å². The zero-order chi connectivity index (χ0) is 18.4. The molecule has 0 atom stereocenters. The second-order valence-electron chi connectivity index (χ2n) is 5.94. The average molecular weight is 345 g/mol. The van der Waals surface area contributed by atoms with Gasteiger partial charge in [-0.2, -0.15) is 0 Å². The van der Waals surface area contributed by atoms with E-state index in [-0.39, 0.29) is 18.3 Å². The molecule has 0 spiro atoms. The van der Waals surface area contributed by atoms with Gasteiger partial charge >= 0.3 is 5.97 Å². The molecule has 0 aromatic heterocycles. The first-order valence-electron chi connectivity index (χ1n) is 8.34. The van der Waals surface area contributed by atoms with Crippen LogP contribution in [0.15, 0.2) is 84.9 Å². The molecule has 3 rings (SSSR count). The summed E-state index contributed by atoms with van der Waals surface area (Å²) < 4.78 is 5.43. The van der Waals surface area contributed by atoms with Gasteiger partial charge in [0, 0.05) is 11.5 Å². The quantitative estimate of drug-likeness (QED) is 0.544. The Labute approximate surface area is 152 Å². The monoisotopic (exact) mass is 345 g/mol. The first-order chi connectivity index (χ1) is 12.6. The van der Waals surface area contributed by atoms with Gasteiger partial charge in [-0.1, -0.05) is 60.7 Å². The lowest BCUT2D eigenvalue weighted by molar-refractivity contribution is -0.134. The van der Waals surface area contributed by atoms with E-state index in [0.717, 1.165) is 11.1 Å². The molecule has 3 aromatic carbocycles. The molecule has 0 aliphatic heterocycles. The number of ether oxygens (including phenoxy) is 1. The highest BCUT2D eigenvalue weighted by Gasteiger charge is 2.19. The lowest BCUT2D eigenvalue weighted by Crippen LogP contribution is -2.14. The number of amides is 1. The highest BCUT2D eigenvalue weighted by atomic mass is 16.5. The molecule has 0 bridgehead atoms. The average Bonchev–Trinajstić information content (AvgIpc) is 2.68. The third-order valence-corrected chi connectivity index (χ3v) is 4.15. The SMILES string of the molecule is NC(=O)c1ccc(OC(=O)CC(c2ccccc2)c2ccccc2)cc1. The number of benzene rings is 3. The largest absolute Gasteiger partial charge is 0.427 e. The van der Waals surface area contributed by atoms with Crippen molar-refractivity contribution in [3.05, 3.63) is 102 Å². The Hall–Kier alpha value is -3.40. The third kappa shape index (κ3) is 4.36. The van der Waals surface area contributed by atoms with Crippen LogP contribution < -0.4 is 10.5 Å². The molecule has 0 radical (unpaired) electrons. The first kappa shape index (κ1) is 17.4. The van der Waals surface area contributed by atoms with Crippen LogP contribution in [-0.4, -0.2) is 11.9 Å². The summed E-state index contributed by atoms with van der Waals surface area (Å²) in [4.78, 5) is 23.6. The molecule has 130 valence electrons. The van der Waals surface area contributed by atoms with Crippen molar-refractivity contribution < 1.29 is 14.3 Å². The van der Waals surface area contributed by atoms with Crippen LogP contribution in [0.5, 0.6) is 5.75 Å². The molecule has 26 heavy (non-hydrogen) atoms. The minimum Gasteiger partial charge on any atom is -0.427 e. The van der Waals surface area contributed by atoms with Gasteiger partial charge in [-0.05, 0) is 35.4 Å². The molecule has 0 saturated carbocycles. The number of primary amides is 1. The van der Waals surface area contributed by atoms with E-state index in [0.29, 0.717) is 11.3 Å². The molecule has 0 aliphatic carbocycles. The van der Waals surface area contributed by atoms with Crippen LogP contribution in [0.1, 0.15) is 33.8 Å². The van der Waals surface area contributed by atoms with Crippen molar-refractivity contribution >= 4 is 11.9 Å². The number of esters is 1. The van der Waals surface area contributed by atoms with E-state index in [1.54, 1.807) is 12.1 Å². The van der Waals surface area contributed by atoms with Gasteiger partial charge in [-0.15, -0.1) is 0 Å². The van der Waals surface area contributed by atoms with Crippen molar-refractivity contribution in [3.63, 3.8) is 0 Å². The second-order valence-corrected chi connectivity index (χ2v) is 5.94. The molecule has 0 heterocycles. The summed E-state index contributed by atoms with van der Waals surface area (Å²) in [6, 6.07) is 26.0. The number of carbonyl (C=O) groups is 2. The normalized spacial score (nSPS) is 10.5. The highest BCUT2D eigenvalue weighted by molar-refractivity contribution is 5.92. The maximum absolute atomic E-state index is 12.5. The summed E-state index contributed by atoms with van der Waals surface area (Å²) in [6.45, 7) is 0. The van der Waals surface area contributed by atoms with Crippen molar-refractivity contribution in [2.24, 2.45) is 5.73 Å². The van der Waals surface area contributed by atoms with Crippen LogP contribution >= 0.6 is 0 Å². The minimum atomic E-state index is -0.518. The van der Waals surface area contributed by atoms with Crippen LogP contribution in [0.25, 0.3) is 0 Å². The van der Waals surface area contributed by atoms with Crippen LogP contribution in [0.4, 0.5) is 0 Å². The second kappa shape index (κ2) is 8.12. The van der Waals surface area contributed by atoms with Crippen LogP contribution in [-0.2, 0) is 4.79 Å². The van der Waals surface area contributed by atoms with E-state index in [1.807, 2.05) is 60.7 Å². The Morgan fingerprint density at radius 1 is 0.769 bits per heavy atom. The lowest BCUT2D eigenvalue weighted by Gasteiger charge is -2.17. The number of hydrogen-bond acceptors (Lipinski definition) is 3. The van der Waals surface area contributed by atoms with Crippen molar-refractivity contribution in [2.75, 3.05) is 0 Å². The molecule has 4 nitrogen and oxygen atoms in total. The molecule has 2 N–H and O–H groups in total. The predicted molar refractivity (Wildman–Crippen MR) is 99.9 cm³/mol. The van der Waals surface area contributed by atoms with Crippen LogP contribution in [0, 0.1) is 0 Å². The van der Waals surface area contributed by atoms with E-state index in [1.165, 1.54) is 12.1 Å². The topological polar surface area (TPSA) is 69.4 Å². The van der Waals surface area contributed by atoms with E-state index < -0.39 is 5.91 Å². The molecular weight excluding hydrogens is 326 g/mol. The van der Waals surface area contributed by atoms with Crippen LogP contribution in [0.2, 0.25) is 0 Å². The maximum Gasteiger partial charge on any atom is 0.312 e. The highest BCUT2D eigenvalue weighted by Crippen LogP contribution is 2.28. The Morgan fingerprint density at radius 3 is 1.73 bits per heavy atom. The Balaban J connectivity index is 1.76. The zero-order valence-electron chi connectivity index (χ0n) is 14.2.